The van der Waals surface area contributed by atoms with Crippen molar-refractivity contribution in [3.63, 3.8) is 0 Å². The van der Waals surface area contributed by atoms with Gasteiger partial charge >= 0.3 is 10.4 Å². The first-order valence-electron chi connectivity index (χ1n) is 26.2. The molecule has 1 saturated heterocycles. The summed E-state index contributed by atoms with van der Waals surface area (Å²) >= 11 is 0. The maximum absolute atomic E-state index is 13.2. The van der Waals surface area contributed by atoms with Crippen molar-refractivity contribution >= 4 is 16.3 Å². The number of nitrogens with one attached hydrogen (secondary N) is 1. The third kappa shape index (κ3) is 32.5. The molecule has 13 nitrogen and oxygen atoms in total. The van der Waals surface area contributed by atoms with Crippen LogP contribution in [0.1, 0.15) is 239 Å². The van der Waals surface area contributed by atoms with Crippen LogP contribution in [0.5, 0.6) is 0 Å². The van der Waals surface area contributed by atoms with Crippen LogP contribution in [0.2, 0.25) is 0 Å². The van der Waals surface area contributed by atoms with E-state index in [1.165, 1.54) is 167 Å². The zero-order valence-electron chi connectivity index (χ0n) is 40.5. The second-order valence-electron chi connectivity index (χ2n) is 18.6. The van der Waals surface area contributed by atoms with E-state index in [-0.39, 0.29) is 6.42 Å². The Balaban J connectivity index is 2.46. The molecule has 1 rings (SSSR count). The quantitative estimate of drug-likeness (QED) is 0.0173. The first-order chi connectivity index (χ1) is 30.9. The van der Waals surface area contributed by atoms with E-state index in [4.69, 9.17) is 9.47 Å². The van der Waals surface area contributed by atoms with Crippen molar-refractivity contribution in [2.75, 3.05) is 13.2 Å². The van der Waals surface area contributed by atoms with E-state index < -0.39 is 78.5 Å². The van der Waals surface area contributed by atoms with Gasteiger partial charge in [-0.25, -0.2) is 4.18 Å². The van der Waals surface area contributed by atoms with Crippen molar-refractivity contribution in [1.29, 1.82) is 0 Å². The van der Waals surface area contributed by atoms with Crippen molar-refractivity contribution in [3.8, 4) is 0 Å². The Kier molecular flexibility index (Phi) is 38.8. The molecule has 0 aromatic heterocycles. The summed E-state index contributed by atoms with van der Waals surface area (Å²) in [4.78, 5) is 13.2. The first kappa shape index (κ1) is 60.8. The minimum atomic E-state index is -5.12. The molecule has 0 aromatic carbocycles. The normalized spacial score (nSPS) is 20.8. The van der Waals surface area contributed by atoms with E-state index in [0.29, 0.717) is 12.8 Å². The van der Waals surface area contributed by atoms with Crippen LogP contribution in [0.25, 0.3) is 0 Å². The minimum Gasteiger partial charge on any atom is -0.394 e. The van der Waals surface area contributed by atoms with Crippen molar-refractivity contribution < 1.29 is 57.0 Å². The molecule has 380 valence electrons. The molecule has 8 atom stereocenters. The maximum atomic E-state index is 13.2. The van der Waals surface area contributed by atoms with Crippen LogP contribution in [-0.2, 0) is 28.9 Å². The molecule has 1 amide bonds. The van der Waals surface area contributed by atoms with Gasteiger partial charge in [0.25, 0.3) is 0 Å². The summed E-state index contributed by atoms with van der Waals surface area (Å²) in [6.07, 6.45) is 34.3. The molecule has 0 aliphatic carbocycles. The van der Waals surface area contributed by atoms with Crippen LogP contribution >= 0.6 is 0 Å². The molecule has 1 heterocycles. The zero-order valence-corrected chi connectivity index (χ0v) is 41.3. The minimum absolute atomic E-state index is 0.249. The summed E-state index contributed by atoms with van der Waals surface area (Å²) in [6.45, 7) is 3.24. The van der Waals surface area contributed by atoms with Gasteiger partial charge in [0.1, 0.15) is 30.5 Å². The van der Waals surface area contributed by atoms with E-state index in [0.717, 1.165) is 38.5 Å². The molecule has 0 saturated carbocycles. The molecule has 0 bridgehead atoms. The molecule has 1 aliphatic heterocycles. The van der Waals surface area contributed by atoms with Crippen molar-refractivity contribution in [1.82, 2.24) is 5.32 Å². The van der Waals surface area contributed by atoms with Crippen LogP contribution in [0.15, 0.2) is 12.2 Å². The summed E-state index contributed by atoms with van der Waals surface area (Å²) in [5, 5.41) is 55.3. The largest absolute Gasteiger partial charge is 0.397 e. The highest BCUT2D eigenvalue weighted by Gasteiger charge is 2.48. The summed E-state index contributed by atoms with van der Waals surface area (Å²) in [6, 6.07) is -1.11. The van der Waals surface area contributed by atoms with Gasteiger partial charge in [0.2, 0.25) is 5.91 Å². The van der Waals surface area contributed by atoms with Crippen LogP contribution in [0.4, 0.5) is 0 Å². The lowest BCUT2D eigenvalue weighted by atomic mass is 9.99. The SMILES string of the molecule is CCCCCCCCCCCCCC/C=C/C(O)C(COC1OC(CO)C(O)C(OS(=O)(=O)O)C1O)NC(=O)C(O)CCCCCCCCCCCCCCCCCCCCCCC. The van der Waals surface area contributed by atoms with Crippen LogP contribution in [0.3, 0.4) is 0 Å². The predicted molar refractivity (Wildman–Crippen MR) is 256 cm³/mol. The molecule has 7 N–H and O–H groups in total. The van der Waals surface area contributed by atoms with E-state index in [2.05, 4.69) is 23.3 Å². The summed E-state index contributed by atoms with van der Waals surface area (Å²) < 4.78 is 47.6. The summed E-state index contributed by atoms with van der Waals surface area (Å²) in [5.74, 6) is -0.698. The Bertz CT molecular complexity index is 1210. The van der Waals surface area contributed by atoms with Gasteiger partial charge in [-0.1, -0.05) is 231 Å². The number of carbonyl (C=O) groups excluding carboxylic acids is 1. The highest BCUT2D eigenvalue weighted by atomic mass is 32.3. The second kappa shape index (κ2) is 40.8. The van der Waals surface area contributed by atoms with Gasteiger partial charge in [-0.15, -0.1) is 0 Å². The molecular formula is C50H97NO12S. The average Bonchev–Trinajstić information content (AvgIpc) is 3.27. The lowest BCUT2D eigenvalue weighted by molar-refractivity contribution is -0.298. The molecule has 0 aromatic rings. The Labute approximate surface area is 390 Å². The number of rotatable bonds is 45. The Morgan fingerprint density at radius 3 is 1.41 bits per heavy atom. The fourth-order valence-corrected chi connectivity index (χ4v) is 9.03. The highest BCUT2D eigenvalue weighted by Crippen LogP contribution is 2.26. The molecule has 1 fully saturated rings. The van der Waals surface area contributed by atoms with Crippen LogP contribution in [-0.4, -0.2) is 107 Å². The topological polar surface area (TPSA) is 212 Å². The monoisotopic (exact) mass is 936 g/mol. The number of allylic oxidation sites excluding steroid dienone is 1. The number of carbonyl (C=O) groups is 1. The Hall–Kier alpha value is -1.20. The van der Waals surface area contributed by atoms with Gasteiger partial charge in [0.05, 0.1) is 25.4 Å². The van der Waals surface area contributed by atoms with Crippen molar-refractivity contribution in [3.05, 3.63) is 12.2 Å². The summed E-state index contributed by atoms with van der Waals surface area (Å²) in [5.41, 5.74) is 0. The number of amides is 1. The van der Waals surface area contributed by atoms with E-state index in [1.54, 1.807) is 6.08 Å². The predicted octanol–water partition coefficient (Wildman–Crippen LogP) is 10.1. The van der Waals surface area contributed by atoms with Gasteiger partial charge in [-0.3, -0.25) is 9.35 Å². The van der Waals surface area contributed by atoms with Crippen LogP contribution in [0, 0.1) is 0 Å². The smallest absolute Gasteiger partial charge is 0.394 e. The first-order valence-corrected chi connectivity index (χ1v) is 27.5. The fraction of sp³-hybridized carbons (Fsp3) is 0.940. The van der Waals surface area contributed by atoms with E-state index in [1.807, 2.05) is 6.08 Å². The van der Waals surface area contributed by atoms with Crippen LogP contribution < -0.4 is 5.32 Å². The lowest BCUT2D eigenvalue weighted by Crippen LogP contribution is -2.61. The molecule has 64 heavy (non-hydrogen) atoms. The number of ether oxygens (including phenoxy) is 2. The Morgan fingerprint density at radius 1 is 0.625 bits per heavy atom. The zero-order chi connectivity index (χ0) is 47.1. The Morgan fingerprint density at radius 2 is 1.02 bits per heavy atom. The third-order valence-corrected chi connectivity index (χ3v) is 13.1. The lowest BCUT2D eigenvalue weighted by Gasteiger charge is -2.41. The molecule has 1 aliphatic rings. The van der Waals surface area contributed by atoms with Gasteiger partial charge in [0.15, 0.2) is 6.29 Å². The van der Waals surface area contributed by atoms with E-state index >= 15 is 0 Å². The van der Waals surface area contributed by atoms with Gasteiger partial charge in [-0.2, -0.15) is 8.42 Å². The van der Waals surface area contributed by atoms with Gasteiger partial charge < -0.3 is 40.3 Å². The molecular weight excluding hydrogens is 839 g/mol. The number of unbranched alkanes of at least 4 members (excludes halogenated alkanes) is 32. The average molecular weight is 936 g/mol. The molecule has 14 heteroatoms. The molecule has 8 unspecified atom stereocenters. The number of hydrogen-bond acceptors (Lipinski definition) is 11. The van der Waals surface area contributed by atoms with Crippen molar-refractivity contribution in [2.45, 2.75) is 288 Å². The highest BCUT2D eigenvalue weighted by molar-refractivity contribution is 7.80. The van der Waals surface area contributed by atoms with Crippen molar-refractivity contribution in [2.24, 2.45) is 0 Å². The molecule has 0 radical (unpaired) electrons. The van der Waals surface area contributed by atoms with Gasteiger partial charge in [0, 0.05) is 0 Å². The third-order valence-electron chi connectivity index (χ3n) is 12.7. The number of aliphatic hydroxyl groups excluding tert-OH is 5. The number of hydrogen-bond donors (Lipinski definition) is 7. The number of aliphatic hydroxyl groups is 5. The summed E-state index contributed by atoms with van der Waals surface area (Å²) in [7, 11) is -5.12. The fourth-order valence-electron chi connectivity index (χ4n) is 8.52. The maximum Gasteiger partial charge on any atom is 0.397 e. The standard InChI is InChI=1S/C50H97NO12S/c1-3-5-7-9-11-13-15-17-19-20-21-22-23-24-25-27-29-31-33-35-37-39-44(54)49(57)51-42(41-61-50-47(56)48(63-64(58,59)60)46(55)45(40-52)62-50)43(53)38-36-34-32-30-28-26-18-16-14-12-10-8-6-4-2/h36,38,42-48,50,52-56H,3-35,37,39-41H2,1-2H3,(H,51,57)(H,58,59,60)/b38-36+. The molecule has 0 spiro atoms. The second-order valence-corrected chi connectivity index (χ2v) is 19.7. The van der Waals surface area contributed by atoms with E-state index in [9.17, 15) is 43.3 Å². The van der Waals surface area contributed by atoms with Gasteiger partial charge in [-0.05, 0) is 19.3 Å².